The fraction of sp³-hybridized carbons (Fsp3) is 0.625. The van der Waals surface area contributed by atoms with E-state index in [9.17, 15) is 4.39 Å². The number of hydrogen-bond donors (Lipinski definition) is 1. The van der Waals surface area contributed by atoms with Gasteiger partial charge >= 0.3 is 0 Å². The standard InChI is InChI=1S/C16H21ClFNO/c17-15-4-1-13(18)9-12(15)10-16(5-7-20-8-6-16)11-19-14-2-3-14/h1,4,9,14,19H,2-3,5-8,10-11H2. The van der Waals surface area contributed by atoms with Crippen LogP contribution in [0.4, 0.5) is 4.39 Å². The van der Waals surface area contributed by atoms with E-state index < -0.39 is 0 Å². The minimum absolute atomic E-state index is 0.151. The Kier molecular flexibility index (Phi) is 4.29. The highest BCUT2D eigenvalue weighted by Gasteiger charge is 2.35. The van der Waals surface area contributed by atoms with Crippen LogP contribution >= 0.6 is 11.6 Å². The van der Waals surface area contributed by atoms with Gasteiger partial charge in [0.1, 0.15) is 5.82 Å². The van der Waals surface area contributed by atoms with E-state index in [1.54, 1.807) is 12.1 Å². The van der Waals surface area contributed by atoms with Gasteiger partial charge in [0.15, 0.2) is 0 Å². The highest BCUT2D eigenvalue weighted by Crippen LogP contribution is 2.36. The molecule has 0 unspecified atom stereocenters. The molecule has 2 fully saturated rings. The smallest absolute Gasteiger partial charge is 0.123 e. The predicted molar refractivity (Wildman–Crippen MR) is 78.6 cm³/mol. The van der Waals surface area contributed by atoms with Crippen molar-refractivity contribution in [2.75, 3.05) is 19.8 Å². The van der Waals surface area contributed by atoms with Gasteiger partial charge in [-0.15, -0.1) is 0 Å². The number of hydrogen-bond acceptors (Lipinski definition) is 2. The highest BCUT2D eigenvalue weighted by molar-refractivity contribution is 6.31. The van der Waals surface area contributed by atoms with E-state index in [0.717, 1.165) is 44.6 Å². The Morgan fingerprint density at radius 3 is 2.75 bits per heavy atom. The molecule has 1 heterocycles. The van der Waals surface area contributed by atoms with Crippen LogP contribution in [0.2, 0.25) is 5.02 Å². The van der Waals surface area contributed by atoms with Gasteiger partial charge in [0.05, 0.1) is 0 Å². The van der Waals surface area contributed by atoms with Crippen LogP contribution in [0.3, 0.4) is 0 Å². The molecule has 2 aliphatic rings. The SMILES string of the molecule is Fc1ccc(Cl)c(CC2(CNC3CC3)CCOCC2)c1. The molecule has 0 aromatic heterocycles. The van der Waals surface area contributed by atoms with Crippen LogP contribution in [0.25, 0.3) is 0 Å². The van der Waals surface area contributed by atoms with Crippen molar-refractivity contribution in [2.24, 2.45) is 5.41 Å². The Labute approximate surface area is 124 Å². The summed E-state index contributed by atoms with van der Waals surface area (Å²) < 4.78 is 19.0. The average molecular weight is 298 g/mol. The molecule has 3 rings (SSSR count). The normalized spacial score (nSPS) is 21.9. The molecule has 1 saturated carbocycles. The van der Waals surface area contributed by atoms with E-state index in [2.05, 4.69) is 5.32 Å². The molecular formula is C16H21ClFNO. The first-order valence-corrected chi connectivity index (χ1v) is 7.80. The molecule has 1 N–H and O–H groups in total. The van der Waals surface area contributed by atoms with Gasteiger partial charge in [-0.2, -0.15) is 0 Å². The summed E-state index contributed by atoms with van der Waals surface area (Å²) in [5, 5.41) is 4.30. The largest absolute Gasteiger partial charge is 0.381 e. The zero-order valence-corrected chi connectivity index (χ0v) is 12.4. The first-order chi connectivity index (χ1) is 9.67. The van der Waals surface area contributed by atoms with Crippen LogP contribution in [0.15, 0.2) is 18.2 Å². The summed E-state index contributed by atoms with van der Waals surface area (Å²) in [6, 6.07) is 5.35. The Bertz CT molecular complexity index is 470. The molecule has 1 aliphatic heterocycles. The summed E-state index contributed by atoms with van der Waals surface area (Å²) >= 11 is 6.23. The number of nitrogens with one attached hydrogen (secondary N) is 1. The average Bonchev–Trinajstić information content (AvgIpc) is 3.26. The summed E-state index contributed by atoms with van der Waals surface area (Å²) in [4.78, 5) is 0. The molecule has 1 aromatic carbocycles. The van der Waals surface area contributed by atoms with Gasteiger partial charge in [0, 0.05) is 30.8 Å². The summed E-state index contributed by atoms with van der Waals surface area (Å²) in [6.45, 7) is 2.56. The first kappa shape index (κ1) is 14.3. The Hall–Kier alpha value is -0.640. The van der Waals surface area contributed by atoms with E-state index in [1.165, 1.54) is 18.9 Å². The van der Waals surface area contributed by atoms with Gasteiger partial charge in [-0.05, 0) is 61.3 Å². The monoisotopic (exact) mass is 297 g/mol. The lowest BCUT2D eigenvalue weighted by Gasteiger charge is -2.38. The third-order valence-corrected chi connectivity index (χ3v) is 4.84. The van der Waals surface area contributed by atoms with Crippen LogP contribution in [-0.2, 0) is 11.2 Å². The molecule has 110 valence electrons. The maximum atomic E-state index is 13.5. The van der Waals surface area contributed by atoms with Crippen LogP contribution in [-0.4, -0.2) is 25.8 Å². The quantitative estimate of drug-likeness (QED) is 0.897. The number of benzene rings is 1. The zero-order valence-electron chi connectivity index (χ0n) is 11.6. The first-order valence-electron chi connectivity index (χ1n) is 7.42. The zero-order chi connectivity index (χ0) is 14.0. The van der Waals surface area contributed by atoms with Gasteiger partial charge in [-0.1, -0.05) is 11.6 Å². The van der Waals surface area contributed by atoms with E-state index in [0.29, 0.717) is 11.1 Å². The van der Waals surface area contributed by atoms with Crippen molar-refractivity contribution in [2.45, 2.75) is 38.1 Å². The molecule has 1 aromatic rings. The molecule has 0 atom stereocenters. The minimum atomic E-state index is -0.207. The Morgan fingerprint density at radius 1 is 1.30 bits per heavy atom. The molecule has 4 heteroatoms. The van der Waals surface area contributed by atoms with Crippen LogP contribution < -0.4 is 5.32 Å². The highest BCUT2D eigenvalue weighted by atomic mass is 35.5. The van der Waals surface area contributed by atoms with Crippen molar-refractivity contribution < 1.29 is 9.13 Å². The van der Waals surface area contributed by atoms with Crippen LogP contribution in [0.1, 0.15) is 31.2 Å². The van der Waals surface area contributed by atoms with Crippen LogP contribution in [0.5, 0.6) is 0 Å². The van der Waals surface area contributed by atoms with Crippen molar-refractivity contribution in [1.29, 1.82) is 0 Å². The third kappa shape index (κ3) is 3.51. The number of ether oxygens (including phenoxy) is 1. The Balaban J connectivity index is 1.75. The van der Waals surface area contributed by atoms with E-state index in [1.807, 2.05) is 0 Å². The third-order valence-electron chi connectivity index (χ3n) is 4.47. The molecule has 1 aliphatic carbocycles. The lowest BCUT2D eigenvalue weighted by atomic mass is 9.75. The summed E-state index contributed by atoms with van der Waals surface area (Å²) in [5.41, 5.74) is 1.07. The topological polar surface area (TPSA) is 21.3 Å². The fourth-order valence-electron chi connectivity index (χ4n) is 2.95. The second kappa shape index (κ2) is 6.00. The summed E-state index contributed by atoms with van der Waals surface area (Å²) in [7, 11) is 0. The fourth-order valence-corrected chi connectivity index (χ4v) is 3.14. The maximum absolute atomic E-state index is 13.5. The van der Waals surface area contributed by atoms with Gasteiger partial charge in [-0.3, -0.25) is 0 Å². The van der Waals surface area contributed by atoms with E-state index in [-0.39, 0.29) is 11.2 Å². The second-order valence-electron chi connectivity index (χ2n) is 6.18. The van der Waals surface area contributed by atoms with E-state index in [4.69, 9.17) is 16.3 Å². The summed E-state index contributed by atoms with van der Waals surface area (Å²) in [6.07, 6.45) is 5.42. The van der Waals surface area contributed by atoms with Crippen molar-refractivity contribution >= 4 is 11.6 Å². The minimum Gasteiger partial charge on any atom is -0.381 e. The van der Waals surface area contributed by atoms with Crippen molar-refractivity contribution in [3.05, 3.63) is 34.6 Å². The van der Waals surface area contributed by atoms with Crippen LogP contribution in [0, 0.1) is 11.2 Å². The van der Waals surface area contributed by atoms with Gasteiger partial charge in [-0.25, -0.2) is 4.39 Å². The van der Waals surface area contributed by atoms with E-state index >= 15 is 0 Å². The molecule has 1 saturated heterocycles. The molecule has 0 amide bonds. The predicted octanol–water partition coefficient (Wildman–Crippen LogP) is 3.57. The molecule has 0 spiro atoms. The lowest BCUT2D eigenvalue weighted by Crippen LogP contribution is -2.41. The van der Waals surface area contributed by atoms with Crippen molar-refractivity contribution in [1.82, 2.24) is 5.32 Å². The maximum Gasteiger partial charge on any atom is 0.123 e. The molecular weight excluding hydrogens is 277 g/mol. The molecule has 0 radical (unpaired) electrons. The molecule has 0 bridgehead atoms. The lowest BCUT2D eigenvalue weighted by molar-refractivity contribution is 0.0147. The van der Waals surface area contributed by atoms with Gasteiger partial charge < -0.3 is 10.1 Å². The molecule has 20 heavy (non-hydrogen) atoms. The second-order valence-corrected chi connectivity index (χ2v) is 6.59. The van der Waals surface area contributed by atoms with Gasteiger partial charge in [0.25, 0.3) is 0 Å². The van der Waals surface area contributed by atoms with Crippen molar-refractivity contribution in [3.63, 3.8) is 0 Å². The summed E-state index contributed by atoms with van der Waals surface area (Å²) in [5.74, 6) is -0.207. The molecule has 2 nitrogen and oxygen atoms in total. The Morgan fingerprint density at radius 2 is 2.05 bits per heavy atom. The number of rotatable bonds is 5. The van der Waals surface area contributed by atoms with Gasteiger partial charge in [0.2, 0.25) is 0 Å². The van der Waals surface area contributed by atoms with Crippen molar-refractivity contribution in [3.8, 4) is 0 Å². The number of halogens is 2.